The van der Waals surface area contributed by atoms with Crippen LogP contribution in [0.1, 0.15) is 36.7 Å². The molecule has 1 aromatic heterocycles. The maximum Gasteiger partial charge on any atom is 0.328 e. The summed E-state index contributed by atoms with van der Waals surface area (Å²) in [7, 11) is 0. The van der Waals surface area contributed by atoms with Gasteiger partial charge in [-0.05, 0) is 26.2 Å². The van der Waals surface area contributed by atoms with Crippen molar-refractivity contribution in [2.75, 3.05) is 18.9 Å². The number of nitrogen functional groups attached to an aromatic ring is 1. The van der Waals surface area contributed by atoms with Gasteiger partial charge in [-0.25, -0.2) is 4.79 Å². The van der Waals surface area contributed by atoms with Gasteiger partial charge in [0.1, 0.15) is 11.7 Å². The standard InChI is InChI=1S/C12H18N4O3/c1-2-19-12(18)9-5-3-4-6-16(9)11(17)10-8(13)7-14-15-10/h7,9H,2-6,13H2,1H3,(H,14,15). The van der Waals surface area contributed by atoms with Crippen LogP contribution in [-0.4, -0.2) is 46.2 Å². The second-order valence-corrected chi connectivity index (χ2v) is 4.46. The summed E-state index contributed by atoms with van der Waals surface area (Å²) in [6, 6.07) is -0.524. The third kappa shape index (κ3) is 2.69. The molecule has 1 aromatic rings. The summed E-state index contributed by atoms with van der Waals surface area (Å²) in [6.45, 7) is 2.59. The van der Waals surface area contributed by atoms with Gasteiger partial charge < -0.3 is 15.4 Å². The number of likely N-dealkylation sites (tertiary alicyclic amines) is 1. The average molecular weight is 266 g/mol. The SMILES string of the molecule is CCOC(=O)C1CCCCN1C(=O)c1[nH]ncc1N. The van der Waals surface area contributed by atoms with Crippen molar-refractivity contribution in [1.82, 2.24) is 15.1 Å². The van der Waals surface area contributed by atoms with Gasteiger partial charge in [0, 0.05) is 6.54 Å². The fourth-order valence-electron chi connectivity index (χ4n) is 2.27. The lowest BCUT2D eigenvalue weighted by molar-refractivity contribution is -0.149. The van der Waals surface area contributed by atoms with Crippen molar-refractivity contribution in [1.29, 1.82) is 0 Å². The molecule has 1 fully saturated rings. The quantitative estimate of drug-likeness (QED) is 0.778. The number of nitrogens with one attached hydrogen (secondary N) is 1. The zero-order chi connectivity index (χ0) is 13.8. The molecule has 104 valence electrons. The summed E-state index contributed by atoms with van der Waals surface area (Å²) in [4.78, 5) is 25.8. The van der Waals surface area contributed by atoms with Gasteiger partial charge in [-0.2, -0.15) is 5.10 Å². The predicted molar refractivity (Wildman–Crippen MR) is 68.3 cm³/mol. The van der Waals surface area contributed by atoms with E-state index in [0.717, 1.165) is 12.8 Å². The summed E-state index contributed by atoms with van der Waals surface area (Å²) >= 11 is 0. The monoisotopic (exact) mass is 266 g/mol. The fourth-order valence-corrected chi connectivity index (χ4v) is 2.27. The van der Waals surface area contributed by atoms with E-state index in [-0.39, 0.29) is 23.3 Å². The van der Waals surface area contributed by atoms with Crippen LogP contribution < -0.4 is 5.73 Å². The lowest BCUT2D eigenvalue weighted by Gasteiger charge is -2.33. The van der Waals surface area contributed by atoms with E-state index in [2.05, 4.69) is 10.2 Å². The third-order valence-corrected chi connectivity index (χ3v) is 3.20. The second-order valence-electron chi connectivity index (χ2n) is 4.46. The van der Waals surface area contributed by atoms with Gasteiger partial charge in [-0.15, -0.1) is 0 Å². The molecule has 2 heterocycles. The van der Waals surface area contributed by atoms with Crippen molar-refractivity contribution in [2.24, 2.45) is 0 Å². The number of hydrogen-bond donors (Lipinski definition) is 2. The van der Waals surface area contributed by atoms with Crippen molar-refractivity contribution in [2.45, 2.75) is 32.2 Å². The molecule has 0 aliphatic carbocycles. The molecule has 0 saturated carbocycles. The van der Waals surface area contributed by atoms with Crippen LogP contribution in [0.25, 0.3) is 0 Å². The van der Waals surface area contributed by atoms with Crippen LogP contribution in [0, 0.1) is 0 Å². The van der Waals surface area contributed by atoms with E-state index in [1.807, 2.05) is 0 Å². The lowest BCUT2D eigenvalue weighted by Crippen LogP contribution is -2.48. The Bertz CT molecular complexity index is 471. The molecule has 1 amide bonds. The molecule has 1 atom stereocenters. The van der Waals surface area contributed by atoms with Gasteiger partial charge in [-0.3, -0.25) is 9.89 Å². The number of carbonyl (C=O) groups is 2. The van der Waals surface area contributed by atoms with Crippen LogP contribution in [0.3, 0.4) is 0 Å². The first-order chi connectivity index (χ1) is 9.15. The second kappa shape index (κ2) is 5.73. The number of rotatable bonds is 3. The Hall–Kier alpha value is -2.05. The van der Waals surface area contributed by atoms with E-state index in [9.17, 15) is 9.59 Å². The Morgan fingerprint density at radius 1 is 1.58 bits per heavy atom. The van der Waals surface area contributed by atoms with Crippen molar-refractivity contribution in [3.8, 4) is 0 Å². The van der Waals surface area contributed by atoms with Crippen LogP contribution >= 0.6 is 0 Å². The zero-order valence-electron chi connectivity index (χ0n) is 10.9. The van der Waals surface area contributed by atoms with Gasteiger partial charge in [0.2, 0.25) is 0 Å². The highest BCUT2D eigenvalue weighted by molar-refractivity contribution is 5.99. The van der Waals surface area contributed by atoms with Gasteiger partial charge in [0.25, 0.3) is 5.91 Å². The molecule has 1 saturated heterocycles. The number of amides is 1. The molecular formula is C12H18N4O3. The number of nitrogens with zero attached hydrogens (tertiary/aromatic N) is 2. The first-order valence-corrected chi connectivity index (χ1v) is 6.41. The van der Waals surface area contributed by atoms with Crippen LogP contribution in [0.15, 0.2) is 6.20 Å². The number of ether oxygens (including phenoxy) is 1. The molecule has 1 aliphatic rings. The van der Waals surface area contributed by atoms with E-state index in [1.165, 1.54) is 11.1 Å². The molecule has 19 heavy (non-hydrogen) atoms. The van der Waals surface area contributed by atoms with Crippen molar-refractivity contribution in [3.05, 3.63) is 11.9 Å². The van der Waals surface area contributed by atoms with Crippen molar-refractivity contribution >= 4 is 17.6 Å². The first-order valence-electron chi connectivity index (χ1n) is 6.41. The van der Waals surface area contributed by atoms with Crippen molar-refractivity contribution < 1.29 is 14.3 Å². The first kappa shape index (κ1) is 13.4. The zero-order valence-corrected chi connectivity index (χ0v) is 10.9. The average Bonchev–Trinajstić information content (AvgIpc) is 2.84. The largest absolute Gasteiger partial charge is 0.464 e. The number of esters is 1. The smallest absolute Gasteiger partial charge is 0.328 e. The van der Waals surface area contributed by atoms with Crippen LogP contribution in [0.4, 0.5) is 5.69 Å². The number of anilines is 1. The van der Waals surface area contributed by atoms with Crippen molar-refractivity contribution in [3.63, 3.8) is 0 Å². The molecule has 7 heteroatoms. The molecule has 3 N–H and O–H groups in total. The summed E-state index contributed by atoms with van der Waals surface area (Å²) < 4.78 is 5.02. The number of hydrogen-bond acceptors (Lipinski definition) is 5. The molecule has 0 spiro atoms. The van der Waals surface area contributed by atoms with Gasteiger partial charge in [0.15, 0.2) is 0 Å². The molecule has 7 nitrogen and oxygen atoms in total. The lowest BCUT2D eigenvalue weighted by atomic mass is 10.0. The molecule has 1 aliphatic heterocycles. The van der Waals surface area contributed by atoms with Gasteiger partial charge in [-0.1, -0.05) is 0 Å². The highest BCUT2D eigenvalue weighted by Gasteiger charge is 2.34. The minimum Gasteiger partial charge on any atom is -0.464 e. The van der Waals surface area contributed by atoms with Crippen LogP contribution in [-0.2, 0) is 9.53 Å². The number of carbonyl (C=O) groups excluding carboxylic acids is 2. The Morgan fingerprint density at radius 3 is 3.00 bits per heavy atom. The highest BCUT2D eigenvalue weighted by Crippen LogP contribution is 2.21. The minimum absolute atomic E-state index is 0.233. The van der Waals surface area contributed by atoms with E-state index >= 15 is 0 Å². The van der Waals surface area contributed by atoms with E-state index in [1.54, 1.807) is 6.92 Å². The predicted octanol–water partition coefficient (Wildman–Crippen LogP) is 0.550. The fraction of sp³-hybridized carbons (Fsp3) is 0.583. The molecule has 0 radical (unpaired) electrons. The number of H-pyrrole nitrogens is 1. The Balaban J connectivity index is 2.18. The Kier molecular flexibility index (Phi) is 4.03. The molecule has 2 rings (SSSR count). The summed E-state index contributed by atoms with van der Waals surface area (Å²) in [5.74, 6) is -0.651. The molecule has 0 bridgehead atoms. The number of nitrogens with two attached hydrogens (primary N) is 1. The molecule has 1 unspecified atom stereocenters. The molecular weight excluding hydrogens is 248 g/mol. The van der Waals surface area contributed by atoms with E-state index in [4.69, 9.17) is 10.5 Å². The van der Waals surface area contributed by atoms with Crippen LogP contribution in [0.2, 0.25) is 0 Å². The number of aromatic amines is 1. The van der Waals surface area contributed by atoms with Gasteiger partial charge >= 0.3 is 5.97 Å². The normalized spacial score (nSPS) is 19.2. The number of piperidine rings is 1. The third-order valence-electron chi connectivity index (χ3n) is 3.20. The Labute approximate surface area is 111 Å². The maximum atomic E-state index is 12.4. The summed E-state index contributed by atoms with van der Waals surface area (Å²) in [5.41, 5.74) is 6.19. The molecule has 0 aromatic carbocycles. The topological polar surface area (TPSA) is 101 Å². The van der Waals surface area contributed by atoms with Gasteiger partial charge in [0.05, 0.1) is 18.5 Å². The Morgan fingerprint density at radius 2 is 2.37 bits per heavy atom. The highest BCUT2D eigenvalue weighted by atomic mass is 16.5. The van der Waals surface area contributed by atoms with E-state index in [0.29, 0.717) is 19.6 Å². The minimum atomic E-state index is -0.524. The maximum absolute atomic E-state index is 12.4. The van der Waals surface area contributed by atoms with E-state index < -0.39 is 6.04 Å². The summed E-state index contributed by atoms with van der Waals surface area (Å²) in [5, 5.41) is 6.31. The number of aromatic nitrogens is 2. The summed E-state index contributed by atoms with van der Waals surface area (Å²) in [6.07, 6.45) is 3.79. The van der Waals surface area contributed by atoms with Crippen LogP contribution in [0.5, 0.6) is 0 Å².